The van der Waals surface area contributed by atoms with E-state index in [1.54, 1.807) is 26.6 Å². The van der Waals surface area contributed by atoms with Gasteiger partial charge in [-0.3, -0.25) is 0 Å². The van der Waals surface area contributed by atoms with Gasteiger partial charge in [-0.2, -0.15) is 0 Å². The van der Waals surface area contributed by atoms with Crippen LogP contribution in [0, 0.1) is 0 Å². The van der Waals surface area contributed by atoms with Gasteiger partial charge in [-0.1, -0.05) is 36.4 Å². The van der Waals surface area contributed by atoms with Gasteiger partial charge in [0.15, 0.2) is 0 Å². The van der Waals surface area contributed by atoms with Gasteiger partial charge in [-0.05, 0) is 43.7 Å². The molecule has 2 aromatic carbocycles. The molecule has 0 saturated carbocycles. The van der Waals surface area contributed by atoms with Gasteiger partial charge in [0, 0.05) is 32.0 Å². The van der Waals surface area contributed by atoms with E-state index in [1.807, 2.05) is 13.0 Å². The fraction of sp³-hybridized carbons (Fsp3) is 0.292. The number of aryl methyl sites for hydroxylation is 1. The Bertz CT molecular complexity index is 929. The number of aromatic nitrogens is 2. The maximum Gasteiger partial charge on any atom is 0.142 e. The lowest BCUT2D eigenvalue weighted by Crippen LogP contribution is -2.03. The van der Waals surface area contributed by atoms with Crippen LogP contribution < -0.4 is 5.32 Å². The van der Waals surface area contributed by atoms with Crippen molar-refractivity contribution in [2.24, 2.45) is 7.05 Å². The van der Waals surface area contributed by atoms with E-state index in [0.717, 1.165) is 41.1 Å². The molecular weight excluding hydrogens is 362 g/mol. The molecule has 3 rings (SSSR count). The fourth-order valence-electron chi connectivity index (χ4n) is 2.91. The molecule has 29 heavy (non-hydrogen) atoms. The first-order valence-electron chi connectivity index (χ1n) is 9.75. The van der Waals surface area contributed by atoms with Gasteiger partial charge >= 0.3 is 0 Å². The van der Waals surface area contributed by atoms with Gasteiger partial charge in [-0.15, -0.1) is 0 Å². The number of methoxy groups -OCH3 is 2. The first-order valence-corrected chi connectivity index (χ1v) is 9.75. The molecule has 0 spiro atoms. The summed E-state index contributed by atoms with van der Waals surface area (Å²) in [6, 6.07) is 16.6. The highest BCUT2D eigenvalue weighted by atomic mass is 16.5. The Balaban J connectivity index is 0.000000370. The van der Waals surface area contributed by atoms with E-state index in [0.29, 0.717) is 6.61 Å². The van der Waals surface area contributed by atoms with E-state index >= 15 is 0 Å². The summed E-state index contributed by atoms with van der Waals surface area (Å²) in [5.74, 6) is 0.996. The Kier molecular flexibility index (Phi) is 9.52. The number of nitrogens with one attached hydrogen (secondary N) is 1. The molecule has 1 N–H and O–H groups in total. The van der Waals surface area contributed by atoms with Crippen LogP contribution in [0.5, 0.6) is 0 Å². The average molecular weight is 394 g/mol. The van der Waals surface area contributed by atoms with Crippen LogP contribution in [0.2, 0.25) is 0 Å². The molecule has 5 heteroatoms. The molecule has 1 heterocycles. The summed E-state index contributed by atoms with van der Waals surface area (Å²) in [7, 11) is 5.31. The van der Waals surface area contributed by atoms with Crippen molar-refractivity contribution < 1.29 is 9.47 Å². The summed E-state index contributed by atoms with van der Waals surface area (Å²) in [6.07, 6.45) is 8.65. The molecule has 0 radical (unpaired) electrons. The van der Waals surface area contributed by atoms with E-state index in [4.69, 9.17) is 4.98 Å². The highest BCUT2D eigenvalue weighted by Crippen LogP contribution is 2.29. The molecule has 154 valence electrons. The third-order valence-electron chi connectivity index (χ3n) is 4.31. The number of nitrogens with zero attached hydrogens (tertiary/aromatic N) is 2. The van der Waals surface area contributed by atoms with E-state index in [1.165, 1.54) is 0 Å². The van der Waals surface area contributed by atoms with Crippen LogP contribution in [0.1, 0.15) is 13.3 Å². The Morgan fingerprint density at radius 1 is 1.03 bits per heavy atom. The second-order valence-corrected chi connectivity index (χ2v) is 6.38. The second-order valence-electron chi connectivity index (χ2n) is 6.38. The molecule has 3 aromatic rings. The molecular formula is C24H31N3O2. The first kappa shape index (κ1) is 22.2. The van der Waals surface area contributed by atoms with Crippen LogP contribution in [-0.4, -0.2) is 36.9 Å². The summed E-state index contributed by atoms with van der Waals surface area (Å²) in [5.41, 5.74) is 4.46. The third kappa shape index (κ3) is 6.50. The predicted octanol–water partition coefficient (Wildman–Crippen LogP) is 5.41. The van der Waals surface area contributed by atoms with Crippen molar-refractivity contribution in [2.45, 2.75) is 13.3 Å². The van der Waals surface area contributed by atoms with Crippen LogP contribution in [0.15, 0.2) is 73.0 Å². The molecule has 0 amide bonds. The SMILES string of the molecule is C/C=C\CCNc1ccccc1-c1nc2ccccc2n1C.CO/C=C\COC. The van der Waals surface area contributed by atoms with Crippen LogP contribution in [-0.2, 0) is 16.5 Å². The number of anilines is 1. The van der Waals surface area contributed by atoms with E-state index < -0.39 is 0 Å². The van der Waals surface area contributed by atoms with E-state index in [2.05, 4.69) is 81.0 Å². The van der Waals surface area contributed by atoms with E-state index in [9.17, 15) is 0 Å². The molecule has 1 aromatic heterocycles. The topological polar surface area (TPSA) is 48.3 Å². The van der Waals surface area contributed by atoms with Crippen molar-refractivity contribution in [3.05, 3.63) is 73.0 Å². The average Bonchev–Trinajstić information content (AvgIpc) is 3.09. The van der Waals surface area contributed by atoms with Crippen molar-refractivity contribution in [2.75, 3.05) is 32.7 Å². The van der Waals surface area contributed by atoms with Crippen molar-refractivity contribution >= 4 is 16.7 Å². The second kappa shape index (κ2) is 12.4. The standard InChI is InChI=1S/C19H21N3.C5H10O2/c1-3-4-9-14-20-16-11-6-5-10-15(16)19-21-17-12-7-8-13-18(17)22(19)2;1-6-4-3-5-7-2/h3-8,10-13,20H,9,14H2,1-2H3;3-4H,5H2,1-2H3/b2*4-3-. The van der Waals surface area contributed by atoms with Crippen molar-refractivity contribution in [3.8, 4) is 11.4 Å². The smallest absolute Gasteiger partial charge is 0.142 e. The Morgan fingerprint density at radius 3 is 2.52 bits per heavy atom. The van der Waals surface area contributed by atoms with Crippen LogP contribution in [0.3, 0.4) is 0 Å². The highest BCUT2D eigenvalue weighted by Gasteiger charge is 2.12. The Hall–Kier alpha value is -3.05. The molecule has 0 fully saturated rings. The quantitative estimate of drug-likeness (QED) is 0.316. The van der Waals surface area contributed by atoms with Crippen LogP contribution in [0.4, 0.5) is 5.69 Å². The number of allylic oxidation sites excluding steroid dienone is 1. The van der Waals surface area contributed by atoms with Gasteiger partial charge in [0.05, 0.1) is 31.0 Å². The highest BCUT2D eigenvalue weighted by molar-refractivity contribution is 5.84. The lowest BCUT2D eigenvalue weighted by Gasteiger charge is -2.11. The zero-order chi connectivity index (χ0) is 20.9. The number of rotatable bonds is 8. The van der Waals surface area contributed by atoms with Crippen molar-refractivity contribution in [3.63, 3.8) is 0 Å². The minimum Gasteiger partial charge on any atom is -0.505 e. The van der Waals surface area contributed by atoms with Gasteiger partial charge in [-0.25, -0.2) is 4.98 Å². The summed E-state index contributed by atoms with van der Waals surface area (Å²) in [4.78, 5) is 4.80. The Morgan fingerprint density at radius 2 is 1.79 bits per heavy atom. The van der Waals surface area contributed by atoms with Crippen LogP contribution in [0.25, 0.3) is 22.4 Å². The minimum atomic E-state index is 0.619. The van der Waals surface area contributed by atoms with Crippen molar-refractivity contribution in [1.29, 1.82) is 0 Å². The maximum atomic E-state index is 4.80. The summed E-state index contributed by atoms with van der Waals surface area (Å²) in [5, 5.41) is 3.51. The van der Waals surface area contributed by atoms with Gasteiger partial charge in [0.25, 0.3) is 0 Å². The lowest BCUT2D eigenvalue weighted by atomic mass is 10.1. The van der Waals surface area contributed by atoms with E-state index in [-0.39, 0.29) is 0 Å². The summed E-state index contributed by atoms with van der Waals surface area (Å²) in [6.45, 7) is 3.59. The molecule has 0 bridgehead atoms. The van der Waals surface area contributed by atoms with Crippen molar-refractivity contribution in [1.82, 2.24) is 9.55 Å². The molecule has 0 aliphatic rings. The number of fused-ring (bicyclic) bond motifs is 1. The number of imidazole rings is 1. The van der Waals surface area contributed by atoms with Gasteiger partial charge in [0.1, 0.15) is 5.82 Å². The monoisotopic (exact) mass is 393 g/mol. The normalized spacial score (nSPS) is 11.0. The number of hydrogen-bond donors (Lipinski definition) is 1. The first-order chi connectivity index (χ1) is 14.2. The van der Waals surface area contributed by atoms with Crippen LogP contribution >= 0.6 is 0 Å². The fourth-order valence-corrected chi connectivity index (χ4v) is 2.91. The molecule has 0 atom stereocenters. The number of benzene rings is 2. The maximum absolute atomic E-state index is 4.80. The number of para-hydroxylation sites is 3. The van der Waals surface area contributed by atoms with Gasteiger partial charge in [0.2, 0.25) is 0 Å². The third-order valence-corrected chi connectivity index (χ3v) is 4.31. The van der Waals surface area contributed by atoms with Gasteiger partial charge < -0.3 is 19.4 Å². The predicted molar refractivity (Wildman–Crippen MR) is 122 cm³/mol. The molecule has 0 unspecified atom stereocenters. The molecule has 0 aliphatic heterocycles. The lowest BCUT2D eigenvalue weighted by molar-refractivity contribution is 0.229. The molecule has 0 saturated heterocycles. The summed E-state index contributed by atoms with van der Waals surface area (Å²) >= 11 is 0. The zero-order valence-corrected chi connectivity index (χ0v) is 17.8. The number of ether oxygens (including phenoxy) is 2. The Labute approximate surface area is 173 Å². The largest absolute Gasteiger partial charge is 0.505 e. The minimum absolute atomic E-state index is 0.619. The summed E-state index contributed by atoms with van der Waals surface area (Å²) < 4.78 is 11.4. The molecule has 0 aliphatic carbocycles. The number of hydrogen-bond acceptors (Lipinski definition) is 4. The molecule has 5 nitrogen and oxygen atoms in total. The zero-order valence-electron chi connectivity index (χ0n) is 17.8.